The minimum Gasteiger partial charge on any atom is -0.383 e. The third kappa shape index (κ3) is 4.03. The van der Waals surface area contributed by atoms with Crippen molar-refractivity contribution in [2.75, 3.05) is 57.9 Å². The summed E-state index contributed by atoms with van der Waals surface area (Å²) in [4.78, 5) is 31.9. The van der Waals surface area contributed by atoms with Crippen molar-refractivity contribution < 1.29 is 14.3 Å². The van der Waals surface area contributed by atoms with Gasteiger partial charge < -0.3 is 19.4 Å². The number of thiophene rings is 1. The fraction of sp³-hybridized carbons (Fsp3) is 0.556. The van der Waals surface area contributed by atoms with Crippen molar-refractivity contribution in [3.63, 3.8) is 0 Å². The molecule has 2 aliphatic rings. The minimum atomic E-state index is -0.233. The molecule has 0 bridgehead atoms. The molecule has 0 radical (unpaired) electrons. The van der Waals surface area contributed by atoms with Gasteiger partial charge in [-0.15, -0.1) is 21.5 Å². The van der Waals surface area contributed by atoms with Gasteiger partial charge in [-0.05, 0) is 11.4 Å². The zero-order valence-electron chi connectivity index (χ0n) is 15.7. The van der Waals surface area contributed by atoms with Gasteiger partial charge in [0.15, 0.2) is 5.01 Å². The third-order valence-electron chi connectivity index (χ3n) is 5.14. The zero-order valence-corrected chi connectivity index (χ0v) is 17.4. The second kappa shape index (κ2) is 8.54. The number of amides is 2. The number of hydrogen-bond donors (Lipinski definition) is 0. The van der Waals surface area contributed by atoms with E-state index >= 15 is 0 Å². The summed E-state index contributed by atoms with van der Waals surface area (Å²) < 4.78 is 5.04. The molecule has 2 aromatic rings. The smallest absolute Gasteiger partial charge is 0.228 e. The minimum absolute atomic E-state index is 0.0454. The van der Waals surface area contributed by atoms with E-state index in [1.54, 1.807) is 34.7 Å². The predicted octanol–water partition coefficient (Wildman–Crippen LogP) is 1.41. The molecule has 4 rings (SSSR count). The first kappa shape index (κ1) is 19.3. The largest absolute Gasteiger partial charge is 0.383 e. The lowest BCUT2D eigenvalue weighted by Gasteiger charge is -2.35. The van der Waals surface area contributed by atoms with Crippen LogP contribution in [0.4, 0.5) is 5.13 Å². The molecule has 150 valence electrons. The van der Waals surface area contributed by atoms with Crippen LogP contribution < -0.4 is 4.90 Å². The van der Waals surface area contributed by atoms with E-state index in [1.807, 2.05) is 22.4 Å². The summed E-state index contributed by atoms with van der Waals surface area (Å²) in [6.07, 6.45) is 0.309. The van der Waals surface area contributed by atoms with E-state index in [9.17, 15) is 9.59 Å². The highest BCUT2D eigenvalue weighted by Crippen LogP contribution is 2.32. The topological polar surface area (TPSA) is 78.9 Å². The molecule has 2 amide bonds. The van der Waals surface area contributed by atoms with Gasteiger partial charge in [0, 0.05) is 52.8 Å². The van der Waals surface area contributed by atoms with E-state index in [2.05, 4.69) is 15.1 Å². The van der Waals surface area contributed by atoms with Crippen molar-refractivity contribution in [1.29, 1.82) is 0 Å². The number of rotatable bonds is 6. The summed E-state index contributed by atoms with van der Waals surface area (Å²) in [7, 11) is 1.62. The van der Waals surface area contributed by atoms with Crippen LogP contribution >= 0.6 is 22.7 Å². The number of anilines is 1. The molecule has 8 nitrogen and oxygen atoms in total. The summed E-state index contributed by atoms with van der Waals surface area (Å²) in [6.45, 7) is 4.32. The molecular formula is C18H23N5O3S2. The van der Waals surface area contributed by atoms with E-state index in [0.717, 1.165) is 28.1 Å². The zero-order chi connectivity index (χ0) is 19.5. The molecule has 1 unspecified atom stereocenters. The van der Waals surface area contributed by atoms with Crippen molar-refractivity contribution in [3.05, 3.63) is 17.5 Å². The number of likely N-dealkylation sites (tertiary alicyclic amines) is 1. The summed E-state index contributed by atoms with van der Waals surface area (Å²) in [6, 6.07) is 4.06. The number of aromatic nitrogens is 2. The molecule has 2 aliphatic heterocycles. The monoisotopic (exact) mass is 421 g/mol. The molecule has 0 saturated carbocycles. The van der Waals surface area contributed by atoms with Crippen LogP contribution in [0.5, 0.6) is 0 Å². The molecule has 1 atom stereocenters. The Labute approximate surface area is 171 Å². The van der Waals surface area contributed by atoms with E-state index in [1.165, 1.54) is 0 Å². The van der Waals surface area contributed by atoms with E-state index in [-0.39, 0.29) is 17.7 Å². The normalized spacial score (nSPS) is 20.2. The number of methoxy groups -OCH3 is 1. The van der Waals surface area contributed by atoms with Crippen LogP contribution in [-0.2, 0) is 14.3 Å². The van der Waals surface area contributed by atoms with Crippen molar-refractivity contribution in [2.45, 2.75) is 6.42 Å². The van der Waals surface area contributed by atoms with Crippen LogP contribution in [0.2, 0.25) is 0 Å². The Bertz CT molecular complexity index is 817. The maximum Gasteiger partial charge on any atom is 0.228 e. The van der Waals surface area contributed by atoms with Crippen LogP contribution in [-0.4, -0.2) is 84.8 Å². The maximum atomic E-state index is 12.8. The van der Waals surface area contributed by atoms with Crippen LogP contribution in [0, 0.1) is 5.92 Å². The predicted molar refractivity (Wildman–Crippen MR) is 109 cm³/mol. The summed E-state index contributed by atoms with van der Waals surface area (Å²) in [5, 5.41) is 12.5. The molecule has 0 spiro atoms. The molecule has 0 N–H and O–H groups in total. The number of ether oxygens (including phenoxy) is 1. The second-order valence-electron chi connectivity index (χ2n) is 6.91. The second-order valence-corrected chi connectivity index (χ2v) is 8.82. The fourth-order valence-electron chi connectivity index (χ4n) is 3.57. The lowest BCUT2D eigenvalue weighted by Crippen LogP contribution is -2.50. The van der Waals surface area contributed by atoms with Gasteiger partial charge in [0.25, 0.3) is 0 Å². The van der Waals surface area contributed by atoms with Crippen LogP contribution in [0.25, 0.3) is 9.88 Å². The average molecular weight is 422 g/mol. The Balaban J connectivity index is 1.31. The SMILES string of the molecule is COCCN1CC(C(=O)N2CCN(c3nnc(-c4cccs4)s3)CC2)CC1=O. The number of carbonyl (C=O) groups excluding carboxylic acids is 2. The van der Waals surface area contributed by atoms with E-state index < -0.39 is 0 Å². The van der Waals surface area contributed by atoms with Gasteiger partial charge in [0.1, 0.15) is 0 Å². The summed E-state index contributed by atoms with van der Waals surface area (Å²) in [5.41, 5.74) is 0. The highest BCUT2D eigenvalue weighted by atomic mass is 32.1. The van der Waals surface area contributed by atoms with Crippen molar-refractivity contribution in [2.24, 2.45) is 5.92 Å². The van der Waals surface area contributed by atoms with Gasteiger partial charge in [-0.1, -0.05) is 17.4 Å². The maximum absolute atomic E-state index is 12.8. The summed E-state index contributed by atoms with van der Waals surface area (Å²) in [5.74, 6) is -0.101. The Morgan fingerprint density at radius 3 is 2.82 bits per heavy atom. The number of nitrogens with zero attached hydrogens (tertiary/aromatic N) is 5. The standard InChI is InChI=1S/C18H23N5O3S2/c1-26-9-8-23-12-13(11-15(23)24)17(25)21-4-6-22(7-5-21)18-20-19-16(28-18)14-3-2-10-27-14/h2-3,10,13H,4-9,11-12H2,1H3. The van der Waals surface area contributed by atoms with Crippen molar-refractivity contribution in [3.8, 4) is 9.88 Å². The lowest BCUT2D eigenvalue weighted by atomic mass is 10.1. The Kier molecular flexibility index (Phi) is 5.88. The van der Waals surface area contributed by atoms with Gasteiger partial charge >= 0.3 is 0 Å². The number of piperazine rings is 1. The molecule has 10 heteroatoms. The highest BCUT2D eigenvalue weighted by Gasteiger charge is 2.37. The van der Waals surface area contributed by atoms with E-state index in [4.69, 9.17) is 4.74 Å². The molecule has 4 heterocycles. The lowest BCUT2D eigenvalue weighted by molar-refractivity contribution is -0.136. The fourth-order valence-corrected chi connectivity index (χ4v) is 5.26. The highest BCUT2D eigenvalue weighted by molar-refractivity contribution is 7.22. The number of carbonyl (C=O) groups is 2. The molecule has 2 fully saturated rings. The third-order valence-corrected chi connectivity index (χ3v) is 7.16. The van der Waals surface area contributed by atoms with Gasteiger partial charge in [-0.3, -0.25) is 9.59 Å². The van der Waals surface area contributed by atoms with Gasteiger partial charge in [0.05, 0.1) is 17.4 Å². The van der Waals surface area contributed by atoms with Crippen LogP contribution in [0.3, 0.4) is 0 Å². The van der Waals surface area contributed by atoms with Crippen LogP contribution in [0.15, 0.2) is 17.5 Å². The Morgan fingerprint density at radius 2 is 2.11 bits per heavy atom. The molecule has 2 saturated heterocycles. The molecular weight excluding hydrogens is 398 g/mol. The Hall–Kier alpha value is -2.04. The quantitative estimate of drug-likeness (QED) is 0.702. The molecule has 0 aromatic carbocycles. The average Bonchev–Trinajstić information content (AvgIpc) is 3.46. The first-order valence-electron chi connectivity index (χ1n) is 9.33. The van der Waals surface area contributed by atoms with Crippen molar-refractivity contribution in [1.82, 2.24) is 20.0 Å². The molecule has 28 heavy (non-hydrogen) atoms. The first-order chi connectivity index (χ1) is 13.7. The van der Waals surface area contributed by atoms with E-state index in [0.29, 0.717) is 39.2 Å². The Morgan fingerprint density at radius 1 is 1.29 bits per heavy atom. The number of hydrogen-bond acceptors (Lipinski definition) is 8. The first-order valence-corrected chi connectivity index (χ1v) is 11.0. The van der Waals surface area contributed by atoms with Gasteiger partial charge in [-0.2, -0.15) is 0 Å². The van der Waals surface area contributed by atoms with Gasteiger partial charge in [0.2, 0.25) is 16.9 Å². The van der Waals surface area contributed by atoms with Crippen molar-refractivity contribution >= 4 is 39.6 Å². The van der Waals surface area contributed by atoms with Crippen LogP contribution in [0.1, 0.15) is 6.42 Å². The van der Waals surface area contributed by atoms with Gasteiger partial charge in [-0.25, -0.2) is 0 Å². The summed E-state index contributed by atoms with van der Waals surface area (Å²) >= 11 is 3.24. The molecule has 2 aromatic heterocycles. The molecule has 0 aliphatic carbocycles.